The minimum atomic E-state index is -0.871. The van der Waals surface area contributed by atoms with Crippen LogP contribution >= 0.6 is 0 Å². The van der Waals surface area contributed by atoms with Gasteiger partial charge in [0, 0.05) is 6.42 Å². The fourth-order valence-electron chi connectivity index (χ4n) is 2.20. The van der Waals surface area contributed by atoms with Crippen molar-refractivity contribution in [2.45, 2.75) is 25.9 Å². The number of hydrogen-bond acceptors (Lipinski definition) is 1. The van der Waals surface area contributed by atoms with Crippen LogP contribution in [0.4, 0.5) is 4.39 Å². The molecule has 2 unspecified atom stereocenters. The summed E-state index contributed by atoms with van der Waals surface area (Å²) in [4.78, 5) is 10.7. The predicted octanol–water partition coefficient (Wildman–Crippen LogP) is 3.30. The third-order valence-corrected chi connectivity index (χ3v) is 3.05. The van der Waals surface area contributed by atoms with E-state index in [-0.39, 0.29) is 5.92 Å². The van der Waals surface area contributed by atoms with Crippen molar-refractivity contribution in [3.63, 3.8) is 0 Å². The Labute approximate surface area is 95.0 Å². The van der Waals surface area contributed by atoms with Gasteiger partial charge in [-0.15, -0.1) is 0 Å². The lowest BCUT2D eigenvalue weighted by Crippen LogP contribution is -2.10. The van der Waals surface area contributed by atoms with E-state index < -0.39 is 6.17 Å². The van der Waals surface area contributed by atoms with Crippen LogP contribution in [0.25, 0.3) is 0 Å². The number of aldehydes is 1. The molecule has 0 aromatic carbocycles. The molecule has 2 atom stereocenters. The zero-order valence-corrected chi connectivity index (χ0v) is 9.32. The van der Waals surface area contributed by atoms with Crippen molar-refractivity contribution in [3.8, 4) is 0 Å². The highest BCUT2D eigenvalue weighted by atomic mass is 19.1. The fourth-order valence-corrected chi connectivity index (χ4v) is 2.20. The zero-order valence-electron chi connectivity index (χ0n) is 9.32. The fraction of sp³-hybridized carbons (Fsp3) is 0.357. The standard InChI is InChI=1S/C14H15FO/c1-10-7-11(9-16)5-6-14(10)12-3-2-4-13(15)8-12/h2-3,5-6,8-10,13H,4,7H2,1H3. The third-order valence-electron chi connectivity index (χ3n) is 3.05. The van der Waals surface area contributed by atoms with E-state index in [0.29, 0.717) is 6.42 Å². The number of alkyl halides is 1. The summed E-state index contributed by atoms with van der Waals surface area (Å²) in [6, 6.07) is 0. The Balaban J connectivity index is 2.27. The van der Waals surface area contributed by atoms with Crippen LogP contribution in [0.1, 0.15) is 19.8 Å². The number of carbonyl (C=O) groups is 1. The van der Waals surface area contributed by atoms with Crippen LogP contribution in [0, 0.1) is 5.92 Å². The number of rotatable bonds is 2. The van der Waals surface area contributed by atoms with Crippen molar-refractivity contribution in [1.82, 2.24) is 0 Å². The highest BCUT2D eigenvalue weighted by molar-refractivity contribution is 5.75. The molecule has 2 heteroatoms. The van der Waals surface area contributed by atoms with Crippen LogP contribution in [-0.2, 0) is 4.79 Å². The summed E-state index contributed by atoms with van der Waals surface area (Å²) < 4.78 is 13.2. The molecule has 2 aliphatic carbocycles. The molecule has 0 spiro atoms. The minimum absolute atomic E-state index is 0.284. The Morgan fingerprint density at radius 1 is 1.44 bits per heavy atom. The van der Waals surface area contributed by atoms with E-state index in [4.69, 9.17) is 0 Å². The van der Waals surface area contributed by atoms with E-state index in [1.807, 2.05) is 24.3 Å². The van der Waals surface area contributed by atoms with E-state index in [1.165, 1.54) is 0 Å². The molecular formula is C14H15FO. The summed E-state index contributed by atoms with van der Waals surface area (Å²) in [5.41, 5.74) is 2.91. The van der Waals surface area contributed by atoms with E-state index in [9.17, 15) is 9.18 Å². The first kappa shape index (κ1) is 11.1. The quantitative estimate of drug-likeness (QED) is 0.650. The Bertz CT molecular complexity index is 412. The number of halogens is 1. The van der Waals surface area contributed by atoms with Gasteiger partial charge in [-0.1, -0.05) is 31.2 Å². The molecule has 0 heterocycles. The second-order valence-corrected chi connectivity index (χ2v) is 4.36. The van der Waals surface area contributed by atoms with Crippen molar-refractivity contribution in [1.29, 1.82) is 0 Å². The van der Waals surface area contributed by atoms with Gasteiger partial charge >= 0.3 is 0 Å². The summed E-state index contributed by atoms with van der Waals surface area (Å²) in [6.45, 7) is 2.07. The molecule has 0 amide bonds. The Kier molecular flexibility index (Phi) is 3.18. The molecular weight excluding hydrogens is 203 g/mol. The van der Waals surface area contributed by atoms with Gasteiger partial charge in [-0.05, 0) is 35.1 Å². The van der Waals surface area contributed by atoms with E-state index in [2.05, 4.69) is 6.92 Å². The smallest absolute Gasteiger partial charge is 0.146 e. The lowest BCUT2D eigenvalue weighted by atomic mass is 9.83. The van der Waals surface area contributed by atoms with Gasteiger partial charge in [-0.25, -0.2) is 4.39 Å². The highest BCUT2D eigenvalue weighted by Gasteiger charge is 2.19. The summed E-state index contributed by atoms with van der Waals surface area (Å²) >= 11 is 0. The van der Waals surface area contributed by atoms with Crippen LogP contribution in [0.3, 0.4) is 0 Å². The summed E-state index contributed by atoms with van der Waals surface area (Å²) in [5, 5.41) is 0. The van der Waals surface area contributed by atoms with Crippen LogP contribution in [0.5, 0.6) is 0 Å². The van der Waals surface area contributed by atoms with E-state index in [0.717, 1.165) is 29.4 Å². The van der Waals surface area contributed by atoms with Crippen molar-refractivity contribution >= 4 is 6.29 Å². The molecule has 0 bridgehead atoms. The Morgan fingerprint density at radius 2 is 2.25 bits per heavy atom. The molecule has 0 aromatic rings. The Morgan fingerprint density at radius 3 is 2.88 bits per heavy atom. The van der Waals surface area contributed by atoms with Crippen molar-refractivity contribution in [3.05, 3.63) is 47.1 Å². The van der Waals surface area contributed by atoms with Gasteiger partial charge in [-0.2, -0.15) is 0 Å². The molecule has 84 valence electrons. The van der Waals surface area contributed by atoms with Crippen molar-refractivity contribution in [2.75, 3.05) is 0 Å². The van der Waals surface area contributed by atoms with Gasteiger partial charge < -0.3 is 0 Å². The molecule has 16 heavy (non-hydrogen) atoms. The maximum absolute atomic E-state index is 13.2. The second kappa shape index (κ2) is 4.60. The van der Waals surface area contributed by atoms with Gasteiger partial charge in [0.2, 0.25) is 0 Å². The van der Waals surface area contributed by atoms with Crippen LogP contribution in [0.15, 0.2) is 47.1 Å². The maximum Gasteiger partial charge on any atom is 0.146 e. The second-order valence-electron chi connectivity index (χ2n) is 4.36. The molecule has 0 aromatic heterocycles. The van der Waals surface area contributed by atoms with E-state index in [1.54, 1.807) is 6.08 Å². The van der Waals surface area contributed by atoms with Crippen LogP contribution in [-0.4, -0.2) is 12.5 Å². The molecule has 0 saturated heterocycles. The Hall–Kier alpha value is -1.44. The molecule has 0 aliphatic heterocycles. The zero-order chi connectivity index (χ0) is 11.5. The lowest BCUT2D eigenvalue weighted by molar-refractivity contribution is -0.105. The minimum Gasteiger partial charge on any atom is -0.298 e. The van der Waals surface area contributed by atoms with Crippen molar-refractivity contribution in [2.24, 2.45) is 5.92 Å². The van der Waals surface area contributed by atoms with Gasteiger partial charge in [0.05, 0.1) is 0 Å². The van der Waals surface area contributed by atoms with Crippen molar-refractivity contribution < 1.29 is 9.18 Å². The first-order chi connectivity index (χ1) is 7.70. The first-order valence-electron chi connectivity index (χ1n) is 5.59. The SMILES string of the molecule is CC1CC(C=O)=CC=C1C1=CC(F)CC=C1. The first-order valence-corrected chi connectivity index (χ1v) is 5.59. The number of allylic oxidation sites excluding steroid dienone is 8. The molecule has 0 N–H and O–H groups in total. The van der Waals surface area contributed by atoms with Crippen LogP contribution < -0.4 is 0 Å². The van der Waals surface area contributed by atoms with Gasteiger partial charge in [0.25, 0.3) is 0 Å². The normalized spacial score (nSPS) is 29.2. The molecule has 0 saturated carbocycles. The average molecular weight is 218 g/mol. The average Bonchev–Trinajstić information content (AvgIpc) is 2.28. The van der Waals surface area contributed by atoms with E-state index >= 15 is 0 Å². The van der Waals surface area contributed by atoms with Gasteiger partial charge in [-0.3, -0.25) is 4.79 Å². The summed E-state index contributed by atoms with van der Waals surface area (Å²) in [6.07, 6.45) is 10.5. The maximum atomic E-state index is 13.2. The van der Waals surface area contributed by atoms with Gasteiger partial charge in [0.1, 0.15) is 12.5 Å². The monoisotopic (exact) mass is 218 g/mol. The molecule has 2 aliphatic rings. The molecule has 2 rings (SSSR count). The summed E-state index contributed by atoms with van der Waals surface area (Å²) in [7, 11) is 0. The number of carbonyl (C=O) groups excluding carboxylic acids is 1. The van der Waals surface area contributed by atoms with Gasteiger partial charge in [0.15, 0.2) is 0 Å². The third kappa shape index (κ3) is 2.21. The highest BCUT2D eigenvalue weighted by Crippen LogP contribution is 2.31. The summed E-state index contributed by atoms with van der Waals surface area (Å²) in [5.74, 6) is 0.284. The largest absolute Gasteiger partial charge is 0.298 e. The lowest BCUT2D eigenvalue weighted by Gasteiger charge is -2.22. The molecule has 1 nitrogen and oxygen atoms in total. The predicted molar refractivity (Wildman–Crippen MR) is 62.7 cm³/mol. The molecule has 0 radical (unpaired) electrons. The van der Waals surface area contributed by atoms with Crippen LogP contribution in [0.2, 0.25) is 0 Å². The molecule has 0 fully saturated rings. The topological polar surface area (TPSA) is 17.1 Å². The number of hydrogen-bond donors (Lipinski definition) is 0.